The van der Waals surface area contributed by atoms with Crippen LogP contribution in [0.3, 0.4) is 0 Å². The van der Waals surface area contributed by atoms with E-state index in [1.165, 1.54) is 12.1 Å². The predicted molar refractivity (Wildman–Crippen MR) is 119 cm³/mol. The number of benzene rings is 2. The van der Waals surface area contributed by atoms with Crippen LogP contribution in [-0.2, 0) is 26.0 Å². The SMILES string of the molecule is Cn1nc(-c2ccc(OCc3ccc(Cl)cc3)c(-c3cncc(C(F)(F)F)c3)c2O)cc1C(F)(F)F. The van der Waals surface area contributed by atoms with Crippen molar-refractivity contribution in [2.24, 2.45) is 7.05 Å². The Morgan fingerprint density at radius 2 is 1.64 bits per heavy atom. The molecule has 0 aliphatic heterocycles. The number of ether oxygens (including phenoxy) is 1. The molecule has 1 N–H and O–H groups in total. The van der Waals surface area contributed by atoms with Gasteiger partial charge in [0.05, 0.1) is 16.8 Å². The Balaban J connectivity index is 1.84. The van der Waals surface area contributed by atoms with Crippen LogP contribution in [0.15, 0.2) is 60.9 Å². The van der Waals surface area contributed by atoms with Gasteiger partial charge in [0, 0.05) is 35.6 Å². The number of rotatable bonds is 5. The van der Waals surface area contributed by atoms with Crippen molar-refractivity contribution < 1.29 is 36.2 Å². The fraction of sp³-hybridized carbons (Fsp3) is 0.167. The molecule has 2 aromatic heterocycles. The molecule has 4 rings (SSSR count). The summed E-state index contributed by atoms with van der Waals surface area (Å²) in [7, 11) is 1.09. The highest BCUT2D eigenvalue weighted by molar-refractivity contribution is 6.30. The molecule has 0 unspecified atom stereocenters. The minimum absolute atomic E-state index is 0.0145. The maximum atomic E-state index is 13.3. The smallest absolute Gasteiger partial charge is 0.433 e. The van der Waals surface area contributed by atoms with Crippen LogP contribution < -0.4 is 4.74 Å². The molecule has 4 aromatic rings. The van der Waals surface area contributed by atoms with Crippen LogP contribution in [0.4, 0.5) is 26.3 Å². The number of alkyl halides is 6. The van der Waals surface area contributed by atoms with Crippen LogP contribution in [-0.4, -0.2) is 19.9 Å². The molecule has 0 atom stereocenters. The first kappa shape index (κ1) is 25.4. The Morgan fingerprint density at radius 3 is 2.25 bits per heavy atom. The molecule has 0 saturated carbocycles. The highest BCUT2D eigenvalue weighted by atomic mass is 35.5. The summed E-state index contributed by atoms with van der Waals surface area (Å²) in [6.45, 7) is -0.0306. The lowest BCUT2D eigenvalue weighted by atomic mass is 9.98. The third-order valence-corrected chi connectivity index (χ3v) is 5.50. The summed E-state index contributed by atoms with van der Waals surface area (Å²) in [6, 6.07) is 10.7. The average Bonchev–Trinajstić information content (AvgIpc) is 3.20. The van der Waals surface area contributed by atoms with E-state index in [0.717, 1.165) is 25.4 Å². The molecule has 0 aliphatic carbocycles. The fourth-order valence-corrected chi connectivity index (χ4v) is 3.64. The maximum absolute atomic E-state index is 13.3. The van der Waals surface area contributed by atoms with Gasteiger partial charge in [-0.05, 0) is 42.0 Å². The highest BCUT2D eigenvalue weighted by Crippen LogP contribution is 2.45. The number of halogens is 7. The second kappa shape index (κ2) is 9.38. The van der Waals surface area contributed by atoms with Crippen molar-refractivity contribution in [2.75, 3.05) is 0 Å². The molecule has 0 saturated heterocycles. The second-order valence-corrected chi connectivity index (χ2v) is 8.18. The molecule has 0 aliphatic rings. The summed E-state index contributed by atoms with van der Waals surface area (Å²) in [6.07, 6.45) is -7.72. The van der Waals surface area contributed by atoms with Crippen molar-refractivity contribution in [3.8, 4) is 33.9 Å². The molecule has 36 heavy (non-hydrogen) atoms. The van der Waals surface area contributed by atoms with Crippen LogP contribution in [0.5, 0.6) is 11.5 Å². The number of hydrogen-bond donors (Lipinski definition) is 1. The van der Waals surface area contributed by atoms with Crippen LogP contribution in [0.2, 0.25) is 5.02 Å². The van der Waals surface area contributed by atoms with Crippen molar-refractivity contribution in [1.29, 1.82) is 0 Å². The van der Waals surface area contributed by atoms with E-state index in [9.17, 15) is 31.4 Å². The number of phenols is 1. The zero-order valence-corrected chi connectivity index (χ0v) is 19.1. The van der Waals surface area contributed by atoms with Crippen LogP contribution in [0.25, 0.3) is 22.4 Å². The summed E-state index contributed by atoms with van der Waals surface area (Å²) < 4.78 is 86.1. The summed E-state index contributed by atoms with van der Waals surface area (Å²) in [5, 5.41) is 15.4. The van der Waals surface area contributed by atoms with Gasteiger partial charge in [-0.3, -0.25) is 9.67 Å². The Labute approximate surface area is 205 Å². The normalized spacial score (nSPS) is 12.1. The fourth-order valence-electron chi connectivity index (χ4n) is 3.52. The Bertz CT molecular complexity index is 1400. The van der Waals surface area contributed by atoms with E-state index in [1.54, 1.807) is 24.3 Å². The number of aromatic nitrogens is 3. The van der Waals surface area contributed by atoms with Gasteiger partial charge in [0.2, 0.25) is 0 Å². The van der Waals surface area contributed by atoms with Crippen molar-refractivity contribution in [1.82, 2.24) is 14.8 Å². The molecule has 0 fully saturated rings. The Hall–Kier alpha value is -3.73. The van der Waals surface area contributed by atoms with Crippen LogP contribution in [0.1, 0.15) is 16.8 Å². The monoisotopic (exact) mass is 527 g/mol. The molecule has 12 heteroatoms. The van der Waals surface area contributed by atoms with E-state index in [-0.39, 0.29) is 34.7 Å². The maximum Gasteiger partial charge on any atom is 0.433 e. The van der Waals surface area contributed by atoms with Gasteiger partial charge >= 0.3 is 12.4 Å². The molecule has 0 bridgehead atoms. The molecule has 0 spiro atoms. The first-order valence-corrected chi connectivity index (χ1v) is 10.6. The standard InChI is InChI=1S/C24H16ClF6N3O2/c1-34-20(24(29,30)31)9-18(33-34)17-6-7-19(36-12-13-2-4-16(25)5-3-13)21(22(17)35)14-8-15(11-32-10-14)23(26,27)28/h2-11,35H,12H2,1H3. The first-order valence-electron chi connectivity index (χ1n) is 10.2. The van der Waals surface area contributed by atoms with Gasteiger partial charge in [0.25, 0.3) is 0 Å². The molecule has 188 valence electrons. The lowest BCUT2D eigenvalue weighted by Crippen LogP contribution is -2.11. The second-order valence-electron chi connectivity index (χ2n) is 7.75. The van der Waals surface area contributed by atoms with Crippen LogP contribution in [0, 0.1) is 0 Å². The number of nitrogens with zero attached hydrogens (tertiary/aromatic N) is 3. The van der Waals surface area contributed by atoms with Crippen molar-refractivity contribution >= 4 is 11.6 Å². The molecule has 2 aromatic carbocycles. The zero-order chi connectivity index (χ0) is 26.3. The number of phenolic OH excluding ortho intramolecular Hbond substituents is 1. The number of hydrogen-bond acceptors (Lipinski definition) is 4. The Kier molecular flexibility index (Phi) is 6.61. The van der Waals surface area contributed by atoms with E-state index in [1.807, 2.05) is 0 Å². The molecule has 2 heterocycles. The predicted octanol–water partition coefficient (Wildman–Crippen LogP) is 7.12. The topological polar surface area (TPSA) is 60.2 Å². The van der Waals surface area contributed by atoms with Crippen molar-refractivity contribution in [3.05, 3.63) is 82.8 Å². The van der Waals surface area contributed by atoms with Gasteiger partial charge in [-0.25, -0.2) is 0 Å². The number of aromatic hydroxyl groups is 1. The third-order valence-electron chi connectivity index (χ3n) is 5.25. The molecular weight excluding hydrogens is 512 g/mol. The lowest BCUT2D eigenvalue weighted by molar-refractivity contribution is -0.143. The minimum Gasteiger partial charge on any atom is -0.506 e. The Morgan fingerprint density at radius 1 is 0.944 bits per heavy atom. The number of pyridine rings is 1. The van der Waals surface area contributed by atoms with Gasteiger partial charge in [0.1, 0.15) is 23.8 Å². The quantitative estimate of drug-likeness (QED) is 0.281. The van der Waals surface area contributed by atoms with E-state index >= 15 is 0 Å². The molecule has 0 radical (unpaired) electrons. The highest BCUT2D eigenvalue weighted by Gasteiger charge is 2.36. The summed E-state index contributed by atoms with van der Waals surface area (Å²) >= 11 is 5.87. The lowest BCUT2D eigenvalue weighted by Gasteiger charge is -2.16. The van der Waals surface area contributed by atoms with E-state index in [2.05, 4.69) is 10.1 Å². The van der Waals surface area contributed by atoms with E-state index in [4.69, 9.17) is 16.3 Å². The van der Waals surface area contributed by atoms with Gasteiger partial charge in [-0.2, -0.15) is 31.4 Å². The van der Waals surface area contributed by atoms with Gasteiger partial charge in [-0.1, -0.05) is 23.7 Å². The third kappa shape index (κ3) is 5.25. The largest absolute Gasteiger partial charge is 0.506 e. The van der Waals surface area contributed by atoms with Crippen LogP contribution >= 0.6 is 11.6 Å². The van der Waals surface area contributed by atoms with Crippen molar-refractivity contribution in [3.63, 3.8) is 0 Å². The molecule has 5 nitrogen and oxygen atoms in total. The first-order chi connectivity index (χ1) is 16.8. The zero-order valence-electron chi connectivity index (χ0n) is 18.3. The minimum atomic E-state index is -4.72. The summed E-state index contributed by atoms with van der Waals surface area (Å²) in [5.74, 6) is -0.629. The molecular formula is C24H16ClF6N3O2. The van der Waals surface area contributed by atoms with Crippen molar-refractivity contribution in [2.45, 2.75) is 19.0 Å². The van der Waals surface area contributed by atoms with Gasteiger partial charge in [0.15, 0.2) is 0 Å². The number of aryl methyl sites for hydroxylation is 1. The summed E-state index contributed by atoms with van der Waals surface area (Å²) in [5.41, 5.74) is -2.16. The van der Waals surface area contributed by atoms with E-state index < -0.39 is 29.4 Å². The van der Waals surface area contributed by atoms with Gasteiger partial charge < -0.3 is 9.84 Å². The summed E-state index contributed by atoms with van der Waals surface area (Å²) in [4.78, 5) is 3.62. The van der Waals surface area contributed by atoms with Gasteiger partial charge in [-0.15, -0.1) is 0 Å². The van der Waals surface area contributed by atoms with E-state index in [0.29, 0.717) is 21.5 Å². The average molecular weight is 528 g/mol. The molecule has 0 amide bonds.